The van der Waals surface area contributed by atoms with Crippen LogP contribution >= 0.6 is 0 Å². The largest absolute Gasteiger partial charge is 0.454 e. The van der Waals surface area contributed by atoms with E-state index in [0.717, 1.165) is 17.4 Å². The lowest BCUT2D eigenvalue weighted by Gasteiger charge is -2.20. The van der Waals surface area contributed by atoms with Gasteiger partial charge in [0.25, 0.3) is 0 Å². The monoisotopic (exact) mass is 259 g/mol. The Bertz CT molecular complexity index is 492. The van der Waals surface area contributed by atoms with Gasteiger partial charge >= 0.3 is 0 Å². The van der Waals surface area contributed by atoms with Gasteiger partial charge in [-0.3, -0.25) is 0 Å². The Balaban J connectivity index is 1.41. The van der Waals surface area contributed by atoms with Crippen molar-refractivity contribution in [2.75, 3.05) is 13.3 Å². The summed E-state index contributed by atoms with van der Waals surface area (Å²) in [5.74, 6) is 2.77. The molecule has 3 aliphatic rings. The van der Waals surface area contributed by atoms with E-state index in [4.69, 9.17) is 9.47 Å². The number of ether oxygens (including phenoxy) is 2. The van der Waals surface area contributed by atoms with Crippen LogP contribution in [-0.2, 0) is 0 Å². The highest BCUT2D eigenvalue weighted by Gasteiger charge is 2.53. The Kier molecular flexibility index (Phi) is 2.52. The van der Waals surface area contributed by atoms with Gasteiger partial charge in [0.15, 0.2) is 11.5 Å². The first-order chi connectivity index (χ1) is 9.27. The Labute approximate surface area is 114 Å². The lowest BCUT2D eigenvalue weighted by Crippen LogP contribution is -2.27. The van der Waals surface area contributed by atoms with Crippen molar-refractivity contribution in [3.63, 3.8) is 0 Å². The molecule has 2 fully saturated rings. The number of rotatable bonds is 5. The quantitative estimate of drug-likeness (QED) is 0.880. The highest BCUT2D eigenvalue weighted by atomic mass is 16.7. The molecule has 0 amide bonds. The smallest absolute Gasteiger partial charge is 0.231 e. The zero-order valence-electron chi connectivity index (χ0n) is 11.4. The van der Waals surface area contributed by atoms with E-state index in [9.17, 15) is 0 Å². The molecule has 19 heavy (non-hydrogen) atoms. The molecule has 2 saturated carbocycles. The van der Waals surface area contributed by atoms with E-state index in [-0.39, 0.29) is 0 Å². The molecule has 0 radical (unpaired) electrons. The van der Waals surface area contributed by atoms with Gasteiger partial charge in [-0.15, -0.1) is 0 Å². The minimum atomic E-state index is 0.353. The molecule has 2 aliphatic carbocycles. The predicted octanol–water partition coefficient (Wildman–Crippen LogP) is 3.26. The molecular formula is C16H21NO2. The van der Waals surface area contributed by atoms with Crippen molar-refractivity contribution in [3.8, 4) is 11.5 Å². The third-order valence-corrected chi connectivity index (χ3v) is 4.99. The lowest BCUT2D eigenvalue weighted by atomic mass is 9.99. The molecule has 0 spiro atoms. The van der Waals surface area contributed by atoms with Crippen molar-refractivity contribution < 1.29 is 9.47 Å². The van der Waals surface area contributed by atoms with Crippen LogP contribution in [0.3, 0.4) is 0 Å². The van der Waals surface area contributed by atoms with Crippen molar-refractivity contribution in [2.24, 2.45) is 11.3 Å². The first kappa shape index (κ1) is 11.6. The summed E-state index contributed by atoms with van der Waals surface area (Å²) in [5.41, 5.74) is 1.95. The van der Waals surface area contributed by atoms with Crippen molar-refractivity contribution in [1.82, 2.24) is 5.32 Å². The Hall–Kier alpha value is -1.22. The second-order valence-electron chi connectivity index (χ2n) is 6.35. The number of fused-ring (bicyclic) bond motifs is 1. The van der Waals surface area contributed by atoms with Crippen LogP contribution in [0.4, 0.5) is 0 Å². The highest BCUT2D eigenvalue weighted by Crippen LogP contribution is 2.61. The van der Waals surface area contributed by atoms with Gasteiger partial charge in [-0.25, -0.2) is 0 Å². The van der Waals surface area contributed by atoms with Crippen LogP contribution in [0.2, 0.25) is 0 Å². The van der Waals surface area contributed by atoms with Crippen molar-refractivity contribution >= 4 is 0 Å². The van der Waals surface area contributed by atoms with E-state index in [1.807, 2.05) is 6.07 Å². The average Bonchev–Trinajstić information content (AvgIpc) is 3.32. The minimum absolute atomic E-state index is 0.353. The number of benzene rings is 1. The maximum absolute atomic E-state index is 5.45. The summed E-state index contributed by atoms with van der Waals surface area (Å²) in [5, 5.41) is 3.72. The first-order valence-corrected chi connectivity index (χ1v) is 7.40. The maximum atomic E-state index is 5.45. The first-order valence-electron chi connectivity index (χ1n) is 7.40. The lowest BCUT2D eigenvalue weighted by molar-refractivity contribution is 0.174. The van der Waals surface area contributed by atoms with Crippen LogP contribution in [0.15, 0.2) is 18.2 Å². The summed E-state index contributed by atoms with van der Waals surface area (Å²) in [6.45, 7) is 3.76. The van der Waals surface area contributed by atoms with Crippen LogP contribution in [0, 0.1) is 11.3 Å². The third kappa shape index (κ3) is 2.10. The van der Waals surface area contributed by atoms with Crippen LogP contribution in [0.25, 0.3) is 0 Å². The second kappa shape index (κ2) is 4.14. The standard InChI is InChI=1S/C16H21NO2/c1-11(17-9-16(6-7-16)13-3-4-13)12-2-5-14-15(8-12)19-10-18-14/h2,5,8,11,13,17H,3-4,6-7,9-10H2,1H3/t11-/m0/s1. The number of hydrogen-bond donors (Lipinski definition) is 1. The van der Waals surface area contributed by atoms with E-state index in [0.29, 0.717) is 18.2 Å². The molecular weight excluding hydrogens is 238 g/mol. The molecule has 3 heteroatoms. The molecule has 1 N–H and O–H groups in total. The van der Waals surface area contributed by atoms with Gasteiger partial charge in [0.2, 0.25) is 6.79 Å². The van der Waals surface area contributed by atoms with Crippen LogP contribution < -0.4 is 14.8 Å². The summed E-state index contributed by atoms with van der Waals surface area (Å²) < 4.78 is 10.8. The van der Waals surface area contributed by atoms with Crippen molar-refractivity contribution in [1.29, 1.82) is 0 Å². The molecule has 0 saturated heterocycles. The molecule has 1 atom stereocenters. The van der Waals surface area contributed by atoms with Gasteiger partial charge in [0.05, 0.1) is 0 Å². The summed E-state index contributed by atoms with van der Waals surface area (Å²) >= 11 is 0. The zero-order valence-corrected chi connectivity index (χ0v) is 11.4. The van der Waals surface area contributed by atoms with Gasteiger partial charge in [0, 0.05) is 12.6 Å². The van der Waals surface area contributed by atoms with Crippen LogP contribution in [0.1, 0.15) is 44.2 Å². The SMILES string of the molecule is C[C@H](NCC1(C2CC2)CC1)c1ccc2c(c1)OCO2. The molecule has 1 aliphatic heterocycles. The van der Waals surface area contributed by atoms with E-state index in [1.54, 1.807) is 0 Å². The fraction of sp³-hybridized carbons (Fsp3) is 0.625. The third-order valence-electron chi connectivity index (χ3n) is 4.99. The molecule has 4 rings (SSSR count). The molecule has 3 nitrogen and oxygen atoms in total. The van der Waals surface area contributed by atoms with Gasteiger partial charge in [-0.05, 0) is 61.6 Å². The molecule has 1 aromatic carbocycles. The molecule has 0 unspecified atom stereocenters. The highest BCUT2D eigenvalue weighted by molar-refractivity contribution is 5.45. The van der Waals surface area contributed by atoms with Gasteiger partial charge in [-0.1, -0.05) is 6.07 Å². The predicted molar refractivity (Wildman–Crippen MR) is 73.4 cm³/mol. The van der Waals surface area contributed by atoms with Crippen molar-refractivity contribution in [2.45, 2.75) is 38.6 Å². The Morgan fingerprint density at radius 1 is 1.26 bits per heavy atom. The van der Waals surface area contributed by atoms with E-state index >= 15 is 0 Å². The van der Waals surface area contributed by atoms with Crippen molar-refractivity contribution in [3.05, 3.63) is 23.8 Å². The summed E-state index contributed by atoms with van der Waals surface area (Å²) in [6.07, 6.45) is 5.78. The summed E-state index contributed by atoms with van der Waals surface area (Å²) in [6, 6.07) is 6.65. The van der Waals surface area contributed by atoms with Crippen LogP contribution in [0.5, 0.6) is 11.5 Å². The maximum Gasteiger partial charge on any atom is 0.231 e. The van der Waals surface area contributed by atoms with E-state index in [1.165, 1.54) is 37.8 Å². The van der Waals surface area contributed by atoms with Crippen LogP contribution in [-0.4, -0.2) is 13.3 Å². The van der Waals surface area contributed by atoms with Gasteiger partial charge < -0.3 is 14.8 Å². The second-order valence-corrected chi connectivity index (χ2v) is 6.35. The average molecular weight is 259 g/mol. The summed E-state index contributed by atoms with van der Waals surface area (Å²) in [7, 11) is 0. The number of nitrogens with one attached hydrogen (secondary N) is 1. The van der Waals surface area contributed by atoms with E-state index < -0.39 is 0 Å². The Morgan fingerprint density at radius 2 is 2.05 bits per heavy atom. The molecule has 1 heterocycles. The molecule has 1 aromatic rings. The zero-order chi connectivity index (χ0) is 12.9. The number of hydrogen-bond acceptors (Lipinski definition) is 3. The molecule has 0 aromatic heterocycles. The normalized spacial score (nSPS) is 24.3. The molecule has 0 bridgehead atoms. The molecule has 102 valence electrons. The fourth-order valence-electron chi connectivity index (χ4n) is 3.24. The minimum Gasteiger partial charge on any atom is -0.454 e. The van der Waals surface area contributed by atoms with Gasteiger partial charge in [0.1, 0.15) is 0 Å². The van der Waals surface area contributed by atoms with E-state index in [2.05, 4.69) is 24.4 Å². The van der Waals surface area contributed by atoms with Gasteiger partial charge in [-0.2, -0.15) is 0 Å². The topological polar surface area (TPSA) is 30.5 Å². The Morgan fingerprint density at radius 3 is 2.79 bits per heavy atom. The summed E-state index contributed by atoms with van der Waals surface area (Å²) in [4.78, 5) is 0. The fourth-order valence-corrected chi connectivity index (χ4v) is 3.24.